The summed E-state index contributed by atoms with van der Waals surface area (Å²) in [6, 6.07) is 5.54. The van der Waals surface area contributed by atoms with Crippen molar-refractivity contribution in [2.45, 2.75) is 6.54 Å². The molecule has 23 heavy (non-hydrogen) atoms. The van der Waals surface area contributed by atoms with E-state index in [2.05, 4.69) is 9.97 Å². The highest BCUT2D eigenvalue weighted by atomic mass is 32.1. The van der Waals surface area contributed by atoms with Gasteiger partial charge in [0.25, 0.3) is 0 Å². The minimum Gasteiger partial charge on any atom is -0.343 e. The zero-order valence-corrected chi connectivity index (χ0v) is 12.6. The molecule has 116 valence electrons. The quantitative estimate of drug-likeness (QED) is 0.723. The molecule has 0 spiro atoms. The van der Waals surface area contributed by atoms with Gasteiger partial charge in [0, 0.05) is 13.1 Å². The molecule has 8 heteroatoms. The number of H-pyrrole nitrogens is 1. The lowest BCUT2D eigenvalue weighted by molar-refractivity contribution is 0.585. The van der Waals surface area contributed by atoms with E-state index < -0.39 is 11.6 Å². The number of nitrogens with zero attached hydrogens (tertiary/aromatic N) is 3. The standard InChI is InChI=1S/C15H11F2N5S/c16-9-2-1-3-10(17)11(9)13-8(6-19)12-14(22(13)5-4-18)15(23)21-7-20-12/h1-3,7H,4-5,18H2,(H,20,21,23). The van der Waals surface area contributed by atoms with E-state index in [9.17, 15) is 14.0 Å². The van der Waals surface area contributed by atoms with Gasteiger partial charge in [-0.25, -0.2) is 13.8 Å². The number of benzene rings is 1. The molecule has 5 nitrogen and oxygen atoms in total. The molecule has 1 aromatic carbocycles. The first-order valence-electron chi connectivity index (χ1n) is 6.74. The molecule has 3 rings (SSSR count). The van der Waals surface area contributed by atoms with Gasteiger partial charge >= 0.3 is 0 Å². The van der Waals surface area contributed by atoms with Crippen LogP contribution in [0.25, 0.3) is 22.3 Å². The van der Waals surface area contributed by atoms with Crippen molar-refractivity contribution in [3.05, 3.63) is 46.4 Å². The molecule has 0 bridgehead atoms. The lowest BCUT2D eigenvalue weighted by Gasteiger charge is -2.11. The Morgan fingerprint density at radius 3 is 2.65 bits per heavy atom. The van der Waals surface area contributed by atoms with Gasteiger partial charge in [-0.05, 0) is 12.1 Å². The van der Waals surface area contributed by atoms with E-state index in [1.54, 1.807) is 4.57 Å². The van der Waals surface area contributed by atoms with Gasteiger partial charge in [0.15, 0.2) is 4.64 Å². The Kier molecular flexibility index (Phi) is 3.90. The topological polar surface area (TPSA) is 83.4 Å². The van der Waals surface area contributed by atoms with E-state index in [4.69, 9.17) is 18.0 Å². The van der Waals surface area contributed by atoms with Crippen molar-refractivity contribution < 1.29 is 8.78 Å². The molecular formula is C15H11F2N5S. The fourth-order valence-electron chi connectivity index (χ4n) is 2.64. The highest BCUT2D eigenvalue weighted by molar-refractivity contribution is 7.71. The van der Waals surface area contributed by atoms with E-state index in [1.807, 2.05) is 6.07 Å². The number of halogens is 2. The van der Waals surface area contributed by atoms with Crippen molar-refractivity contribution >= 4 is 23.3 Å². The van der Waals surface area contributed by atoms with Gasteiger partial charge in [0.05, 0.1) is 23.1 Å². The minimum atomic E-state index is -0.763. The van der Waals surface area contributed by atoms with Crippen LogP contribution in [0, 0.1) is 27.6 Å². The van der Waals surface area contributed by atoms with Crippen LogP contribution in [0.1, 0.15) is 5.56 Å². The molecule has 0 unspecified atom stereocenters. The summed E-state index contributed by atoms with van der Waals surface area (Å²) in [7, 11) is 0. The molecule has 2 heterocycles. The molecule has 3 aromatic rings. The van der Waals surface area contributed by atoms with Crippen LogP contribution in [0.2, 0.25) is 0 Å². The minimum absolute atomic E-state index is 0.103. The summed E-state index contributed by atoms with van der Waals surface area (Å²) in [4.78, 5) is 6.81. The fourth-order valence-corrected chi connectivity index (χ4v) is 2.91. The summed E-state index contributed by atoms with van der Waals surface area (Å²) in [6.45, 7) is 0.450. The third kappa shape index (κ3) is 2.30. The Balaban J connectivity index is 2.55. The molecule has 0 aliphatic heterocycles. The van der Waals surface area contributed by atoms with Crippen LogP contribution in [0.3, 0.4) is 0 Å². The largest absolute Gasteiger partial charge is 0.343 e. The van der Waals surface area contributed by atoms with Crippen LogP contribution in [-0.2, 0) is 6.54 Å². The van der Waals surface area contributed by atoms with Crippen LogP contribution < -0.4 is 5.73 Å². The summed E-state index contributed by atoms with van der Waals surface area (Å²) in [6.07, 6.45) is 1.35. The van der Waals surface area contributed by atoms with Crippen molar-refractivity contribution in [2.24, 2.45) is 5.73 Å². The summed E-state index contributed by atoms with van der Waals surface area (Å²) < 4.78 is 30.3. The average molecular weight is 331 g/mol. The second-order valence-corrected chi connectivity index (χ2v) is 5.19. The monoisotopic (exact) mass is 331 g/mol. The average Bonchev–Trinajstić information content (AvgIpc) is 2.83. The van der Waals surface area contributed by atoms with Crippen LogP contribution in [0.15, 0.2) is 24.5 Å². The van der Waals surface area contributed by atoms with Gasteiger partial charge in [0.1, 0.15) is 28.8 Å². The molecule has 0 fully saturated rings. The van der Waals surface area contributed by atoms with E-state index in [-0.39, 0.29) is 34.6 Å². The number of nitrogens with one attached hydrogen (secondary N) is 1. The van der Waals surface area contributed by atoms with E-state index in [0.717, 1.165) is 12.1 Å². The van der Waals surface area contributed by atoms with Crippen LogP contribution >= 0.6 is 12.2 Å². The van der Waals surface area contributed by atoms with Crippen molar-refractivity contribution in [3.8, 4) is 17.3 Å². The predicted octanol–water partition coefficient (Wildman–Crippen LogP) is 2.87. The highest BCUT2D eigenvalue weighted by Crippen LogP contribution is 2.35. The smallest absolute Gasteiger partial charge is 0.153 e. The van der Waals surface area contributed by atoms with Crippen molar-refractivity contribution in [3.63, 3.8) is 0 Å². The Labute approximate surface area is 135 Å². The van der Waals surface area contributed by atoms with E-state index >= 15 is 0 Å². The number of hydrogen-bond acceptors (Lipinski definition) is 4. The Bertz CT molecular complexity index is 979. The van der Waals surface area contributed by atoms with Gasteiger partial charge in [-0.15, -0.1) is 0 Å². The third-order valence-electron chi connectivity index (χ3n) is 3.52. The number of hydrogen-bond donors (Lipinski definition) is 2. The van der Waals surface area contributed by atoms with Gasteiger partial charge < -0.3 is 15.3 Å². The number of nitriles is 1. The Morgan fingerprint density at radius 2 is 2.04 bits per heavy atom. The molecule has 2 aromatic heterocycles. The van der Waals surface area contributed by atoms with Gasteiger partial charge in [0.2, 0.25) is 0 Å². The van der Waals surface area contributed by atoms with E-state index in [1.165, 1.54) is 12.4 Å². The van der Waals surface area contributed by atoms with Gasteiger partial charge in [-0.2, -0.15) is 5.26 Å². The summed E-state index contributed by atoms with van der Waals surface area (Å²) >= 11 is 5.20. The molecule has 0 aliphatic carbocycles. The highest BCUT2D eigenvalue weighted by Gasteiger charge is 2.24. The molecule has 3 N–H and O–H groups in total. The number of aromatic amines is 1. The molecule has 0 radical (unpaired) electrons. The SMILES string of the molecule is N#Cc1c(-c2c(F)cccc2F)n(CCN)c2c(=S)nc[nH]c12. The molecule has 0 saturated heterocycles. The number of nitrogens with two attached hydrogens (primary N) is 1. The van der Waals surface area contributed by atoms with Crippen LogP contribution in [0.4, 0.5) is 8.78 Å². The molecule has 0 atom stereocenters. The maximum Gasteiger partial charge on any atom is 0.153 e. The number of fused-ring (bicyclic) bond motifs is 1. The normalized spacial score (nSPS) is 10.9. The Hall–Kier alpha value is -2.63. The van der Waals surface area contributed by atoms with Crippen LogP contribution in [0.5, 0.6) is 0 Å². The number of rotatable bonds is 3. The fraction of sp³-hybridized carbons (Fsp3) is 0.133. The third-order valence-corrected chi connectivity index (χ3v) is 3.82. The Morgan fingerprint density at radius 1 is 1.35 bits per heavy atom. The van der Waals surface area contributed by atoms with E-state index in [0.29, 0.717) is 11.0 Å². The first-order valence-corrected chi connectivity index (χ1v) is 7.15. The molecule has 0 amide bonds. The lowest BCUT2D eigenvalue weighted by Crippen LogP contribution is -2.12. The van der Waals surface area contributed by atoms with Crippen molar-refractivity contribution in [1.82, 2.24) is 14.5 Å². The maximum atomic E-state index is 14.3. The second kappa shape index (κ2) is 5.87. The summed E-state index contributed by atoms with van der Waals surface area (Å²) in [5, 5.41) is 9.52. The maximum absolute atomic E-state index is 14.3. The van der Waals surface area contributed by atoms with Gasteiger partial charge in [-0.1, -0.05) is 18.3 Å². The zero-order valence-electron chi connectivity index (χ0n) is 11.8. The van der Waals surface area contributed by atoms with Gasteiger partial charge in [-0.3, -0.25) is 0 Å². The second-order valence-electron chi connectivity index (χ2n) is 4.80. The zero-order chi connectivity index (χ0) is 16.6. The van der Waals surface area contributed by atoms with Crippen LogP contribution in [-0.4, -0.2) is 21.1 Å². The lowest BCUT2D eigenvalue weighted by atomic mass is 10.1. The first-order chi connectivity index (χ1) is 11.1. The summed E-state index contributed by atoms with van der Waals surface area (Å²) in [5.74, 6) is -1.53. The summed E-state index contributed by atoms with van der Waals surface area (Å²) in [5.41, 5.74) is 6.37. The number of aromatic nitrogens is 3. The molecule has 0 saturated carbocycles. The first kappa shape index (κ1) is 15.3. The molecular weight excluding hydrogens is 320 g/mol. The van der Waals surface area contributed by atoms with Crippen molar-refractivity contribution in [1.29, 1.82) is 5.26 Å². The van der Waals surface area contributed by atoms with Crippen molar-refractivity contribution in [2.75, 3.05) is 6.54 Å². The molecule has 0 aliphatic rings. The predicted molar refractivity (Wildman–Crippen MR) is 84.0 cm³/mol.